The third-order valence-electron chi connectivity index (χ3n) is 2.96. The number of nitrogens with two attached hydrogens (primary N) is 1. The zero-order valence-corrected chi connectivity index (χ0v) is 11.2. The number of rotatable bonds is 2. The molecule has 0 aliphatic carbocycles. The number of benzene rings is 1. The summed E-state index contributed by atoms with van der Waals surface area (Å²) in [5, 5.41) is 0. The number of alkyl halides is 2. The number of nitrogen functional groups attached to an aromatic ring is 1. The Morgan fingerprint density at radius 3 is 2.16 bits per heavy atom. The highest BCUT2D eigenvalue weighted by Gasteiger charge is 2.19. The predicted octanol–water partition coefficient (Wildman–Crippen LogP) is 3.82. The number of aromatic nitrogens is 2. The van der Waals surface area contributed by atoms with Crippen molar-refractivity contribution in [3.8, 4) is 11.3 Å². The van der Waals surface area contributed by atoms with E-state index in [1.54, 1.807) is 18.5 Å². The van der Waals surface area contributed by atoms with Crippen molar-refractivity contribution in [1.82, 2.24) is 9.55 Å². The van der Waals surface area contributed by atoms with Crippen LogP contribution in [0.25, 0.3) is 11.3 Å². The van der Waals surface area contributed by atoms with Gasteiger partial charge in [0.25, 0.3) is 6.43 Å². The van der Waals surface area contributed by atoms with Crippen molar-refractivity contribution in [3.05, 3.63) is 36.2 Å². The number of halogens is 2. The summed E-state index contributed by atoms with van der Waals surface area (Å²) < 4.78 is 26.9. The van der Waals surface area contributed by atoms with E-state index in [0.29, 0.717) is 11.5 Å². The second-order valence-electron chi connectivity index (χ2n) is 5.44. The smallest absolute Gasteiger partial charge is 0.263 e. The molecule has 0 saturated carbocycles. The lowest BCUT2D eigenvalue weighted by atomic mass is 10.1. The van der Waals surface area contributed by atoms with Crippen LogP contribution in [0.4, 0.5) is 14.6 Å². The number of hydrogen-bond acceptors (Lipinski definition) is 2. The summed E-state index contributed by atoms with van der Waals surface area (Å²) in [6, 6.07) is 6.03. The Balaban J connectivity index is 2.40. The fourth-order valence-corrected chi connectivity index (χ4v) is 1.90. The monoisotopic (exact) mass is 265 g/mol. The molecule has 0 bridgehead atoms. The fraction of sp³-hybridized carbons (Fsp3) is 0.357. The molecule has 0 saturated heterocycles. The molecule has 2 rings (SSSR count). The molecule has 0 fully saturated rings. The maximum absolute atomic E-state index is 12.5. The molecule has 0 unspecified atom stereocenters. The minimum Gasteiger partial charge on any atom is -0.383 e. The van der Waals surface area contributed by atoms with Crippen molar-refractivity contribution >= 4 is 5.82 Å². The minimum absolute atomic E-state index is 0.00224. The highest BCUT2D eigenvalue weighted by Crippen LogP contribution is 2.30. The molecule has 0 atom stereocenters. The highest BCUT2D eigenvalue weighted by atomic mass is 19.3. The maximum Gasteiger partial charge on any atom is 0.263 e. The molecule has 0 spiro atoms. The molecule has 1 heterocycles. The van der Waals surface area contributed by atoms with Gasteiger partial charge in [-0.2, -0.15) is 0 Å². The van der Waals surface area contributed by atoms with Crippen LogP contribution in [0.15, 0.2) is 30.6 Å². The maximum atomic E-state index is 12.5. The lowest BCUT2D eigenvalue weighted by molar-refractivity contribution is 0.151. The van der Waals surface area contributed by atoms with Gasteiger partial charge in [0.2, 0.25) is 0 Å². The second kappa shape index (κ2) is 4.64. The summed E-state index contributed by atoms with van der Waals surface area (Å²) in [5.41, 5.74) is 7.26. The standard InChI is InChI=1S/C14H17F2N3/c1-14(2,3)19-8-18-11(13(19)17)9-4-6-10(7-5-9)12(15)16/h4-8,12H,17H2,1-3H3. The average molecular weight is 265 g/mol. The second-order valence-corrected chi connectivity index (χ2v) is 5.44. The molecule has 0 aliphatic heterocycles. The Kier molecular flexibility index (Phi) is 3.30. The molecule has 2 N–H and O–H groups in total. The van der Waals surface area contributed by atoms with E-state index in [4.69, 9.17) is 5.73 Å². The molecule has 102 valence electrons. The fourth-order valence-electron chi connectivity index (χ4n) is 1.90. The third kappa shape index (κ3) is 2.59. The van der Waals surface area contributed by atoms with Crippen molar-refractivity contribution in [2.45, 2.75) is 32.7 Å². The summed E-state index contributed by atoms with van der Waals surface area (Å²) in [6.45, 7) is 6.07. The molecule has 0 aliphatic rings. The molecule has 19 heavy (non-hydrogen) atoms. The molecular weight excluding hydrogens is 248 g/mol. The molecule has 2 aromatic rings. The molecular formula is C14H17F2N3. The zero-order valence-electron chi connectivity index (χ0n) is 11.2. The Bertz CT molecular complexity index is 565. The van der Waals surface area contributed by atoms with Gasteiger partial charge in [-0.1, -0.05) is 24.3 Å². The number of imidazole rings is 1. The number of anilines is 1. The zero-order chi connectivity index (χ0) is 14.2. The van der Waals surface area contributed by atoms with Gasteiger partial charge in [0.15, 0.2) is 0 Å². The summed E-state index contributed by atoms with van der Waals surface area (Å²) in [6.07, 6.45) is -0.787. The van der Waals surface area contributed by atoms with E-state index in [1.165, 1.54) is 12.1 Å². The first-order valence-electron chi connectivity index (χ1n) is 6.02. The first-order valence-corrected chi connectivity index (χ1v) is 6.02. The van der Waals surface area contributed by atoms with Crippen LogP contribution in [0.5, 0.6) is 0 Å². The molecule has 1 aromatic heterocycles. The summed E-state index contributed by atoms with van der Waals surface area (Å²) >= 11 is 0. The van der Waals surface area contributed by atoms with Gasteiger partial charge in [-0.3, -0.25) is 0 Å². The Hall–Kier alpha value is -1.91. The van der Waals surface area contributed by atoms with Crippen LogP contribution in [-0.4, -0.2) is 9.55 Å². The highest BCUT2D eigenvalue weighted by molar-refractivity contribution is 5.70. The molecule has 0 amide bonds. The summed E-state index contributed by atoms with van der Waals surface area (Å²) in [5.74, 6) is 0.539. The van der Waals surface area contributed by atoms with Crippen LogP contribution in [0.3, 0.4) is 0 Å². The minimum atomic E-state index is -2.46. The summed E-state index contributed by atoms with van der Waals surface area (Å²) in [7, 11) is 0. The number of hydrogen-bond donors (Lipinski definition) is 1. The van der Waals surface area contributed by atoms with E-state index in [-0.39, 0.29) is 11.1 Å². The van der Waals surface area contributed by atoms with Crippen molar-refractivity contribution in [3.63, 3.8) is 0 Å². The Morgan fingerprint density at radius 1 is 1.16 bits per heavy atom. The van der Waals surface area contributed by atoms with E-state index >= 15 is 0 Å². The average Bonchev–Trinajstić information content (AvgIpc) is 2.71. The SMILES string of the molecule is CC(C)(C)n1cnc(-c2ccc(C(F)F)cc2)c1N. The van der Waals surface area contributed by atoms with Crippen molar-refractivity contribution in [2.24, 2.45) is 0 Å². The van der Waals surface area contributed by atoms with E-state index in [2.05, 4.69) is 4.98 Å². The molecule has 0 radical (unpaired) electrons. The lowest BCUT2D eigenvalue weighted by Gasteiger charge is -2.22. The van der Waals surface area contributed by atoms with Gasteiger partial charge in [0, 0.05) is 16.7 Å². The van der Waals surface area contributed by atoms with Gasteiger partial charge in [0.1, 0.15) is 11.5 Å². The van der Waals surface area contributed by atoms with Gasteiger partial charge < -0.3 is 10.3 Å². The van der Waals surface area contributed by atoms with E-state index in [0.717, 1.165) is 5.56 Å². The molecule has 1 aromatic carbocycles. The van der Waals surface area contributed by atoms with Gasteiger partial charge in [-0.25, -0.2) is 13.8 Å². The summed E-state index contributed by atoms with van der Waals surface area (Å²) in [4.78, 5) is 4.28. The first kappa shape index (κ1) is 13.5. The van der Waals surface area contributed by atoms with Crippen LogP contribution in [-0.2, 0) is 5.54 Å². The van der Waals surface area contributed by atoms with Crippen LogP contribution < -0.4 is 5.73 Å². The first-order chi connectivity index (χ1) is 8.80. The Morgan fingerprint density at radius 2 is 1.74 bits per heavy atom. The van der Waals surface area contributed by atoms with Crippen LogP contribution >= 0.6 is 0 Å². The van der Waals surface area contributed by atoms with E-state index in [9.17, 15) is 8.78 Å². The van der Waals surface area contributed by atoms with E-state index in [1.807, 2.05) is 25.3 Å². The van der Waals surface area contributed by atoms with Gasteiger partial charge >= 0.3 is 0 Å². The normalized spacial score (nSPS) is 12.1. The van der Waals surface area contributed by atoms with Crippen molar-refractivity contribution in [2.75, 3.05) is 5.73 Å². The topological polar surface area (TPSA) is 43.8 Å². The lowest BCUT2D eigenvalue weighted by Crippen LogP contribution is -2.22. The largest absolute Gasteiger partial charge is 0.383 e. The van der Waals surface area contributed by atoms with E-state index < -0.39 is 6.43 Å². The quantitative estimate of drug-likeness (QED) is 0.897. The van der Waals surface area contributed by atoms with Crippen LogP contribution in [0, 0.1) is 0 Å². The predicted molar refractivity (Wildman–Crippen MR) is 72.0 cm³/mol. The van der Waals surface area contributed by atoms with Gasteiger partial charge in [-0.05, 0) is 20.8 Å². The number of nitrogens with zero attached hydrogens (tertiary/aromatic N) is 2. The van der Waals surface area contributed by atoms with Crippen molar-refractivity contribution in [1.29, 1.82) is 0 Å². The van der Waals surface area contributed by atoms with Crippen molar-refractivity contribution < 1.29 is 8.78 Å². The van der Waals surface area contributed by atoms with Crippen LogP contribution in [0.2, 0.25) is 0 Å². The van der Waals surface area contributed by atoms with Crippen LogP contribution in [0.1, 0.15) is 32.8 Å². The molecule has 5 heteroatoms. The van der Waals surface area contributed by atoms with Gasteiger partial charge in [0.05, 0.1) is 6.33 Å². The third-order valence-corrected chi connectivity index (χ3v) is 2.96. The molecule has 3 nitrogen and oxygen atoms in total. The Labute approximate surface area is 111 Å². The van der Waals surface area contributed by atoms with Gasteiger partial charge in [-0.15, -0.1) is 0 Å².